The van der Waals surface area contributed by atoms with Crippen LogP contribution in [0.5, 0.6) is 5.75 Å². The Bertz CT molecular complexity index is 567. The number of hydrogen-bond acceptors (Lipinski definition) is 6. The van der Waals surface area contributed by atoms with E-state index >= 15 is 0 Å². The van der Waals surface area contributed by atoms with E-state index in [1.807, 2.05) is 45.0 Å². The quantitative estimate of drug-likeness (QED) is 0.234. The van der Waals surface area contributed by atoms with Crippen LogP contribution in [0.15, 0.2) is 24.3 Å². The monoisotopic (exact) mass is 469 g/mol. The molecule has 0 radical (unpaired) electrons. The number of ether oxygens (including phenoxy) is 4. The summed E-state index contributed by atoms with van der Waals surface area (Å²) in [5.41, 5.74) is 6.99. The molecule has 0 aliphatic heterocycles. The third-order valence-electron chi connectivity index (χ3n) is 4.76. The molecule has 1 aromatic carbocycles. The Kier molecular flexibility index (Phi) is 22.3. The van der Waals surface area contributed by atoms with Gasteiger partial charge in [0.1, 0.15) is 5.75 Å². The summed E-state index contributed by atoms with van der Waals surface area (Å²) in [6, 6.07) is 8.01. The molecule has 0 amide bonds. The van der Waals surface area contributed by atoms with E-state index in [0.717, 1.165) is 63.1 Å². The van der Waals surface area contributed by atoms with Crippen molar-refractivity contribution in [2.75, 3.05) is 46.2 Å². The zero-order valence-electron chi connectivity index (χ0n) is 21.1. The van der Waals surface area contributed by atoms with Crippen molar-refractivity contribution in [3.8, 4) is 5.75 Å². The molecule has 1 rings (SSSR count). The van der Waals surface area contributed by atoms with Crippen molar-refractivity contribution >= 4 is 5.97 Å². The van der Waals surface area contributed by atoms with Gasteiger partial charge in [-0.25, -0.2) is 0 Å². The van der Waals surface area contributed by atoms with Gasteiger partial charge in [0.25, 0.3) is 0 Å². The molecule has 33 heavy (non-hydrogen) atoms. The number of rotatable bonds is 21. The van der Waals surface area contributed by atoms with E-state index in [-0.39, 0.29) is 12.5 Å². The predicted octanol–water partition coefficient (Wildman–Crippen LogP) is 5.37. The summed E-state index contributed by atoms with van der Waals surface area (Å²) < 4.78 is 22.3. The maximum absolute atomic E-state index is 10.4. The number of carbonyl (C=O) groups is 1. The van der Waals surface area contributed by atoms with Gasteiger partial charge in [-0.1, -0.05) is 38.8 Å². The highest BCUT2D eigenvalue weighted by atomic mass is 16.5. The zero-order valence-corrected chi connectivity index (χ0v) is 21.1. The molecule has 0 heterocycles. The van der Waals surface area contributed by atoms with Crippen LogP contribution in [0.1, 0.15) is 83.7 Å². The lowest BCUT2D eigenvalue weighted by Gasteiger charge is -2.10. The van der Waals surface area contributed by atoms with E-state index in [4.69, 9.17) is 29.8 Å². The Morgan fingerprint density at radius 1 is 0.818 bits per heavy atom. The molecule has 0 saturated heterocycles. The lowest BCUT2D eigenvalue weighted by atomic mass is 10.1. The lowest BCUT2D eigenvalue weighted by Crippen LogP contribution is -2.10. The molecule has 3 N–H and O–H groups in total. The third kappa shape index (κ3) is 20.7. The van der Waals surface area contributed by atoms with E-state index in [9.17, 15) is 4.79 Å². The molecular formula is C26H47NO6. The first-order valence-corrected chi connectivity index (χ1v) is 12.5. The van der Waals surface area contributed by atoms with Gasteiger partial charge in [0.05, 0.1) is 33.0 Å². The molecule has 0 spiro atoms. The van der Waals surface area contributed by atoms with Crippen molar-refractivity contribution in [2.24, 2.45) is 5.73 Å². The van der Waals surface area contributed by atoms with Crippen LogP contribution in [-0.4, -0.2) is 57.3 Å². The SMILES string of the molecule is CC.C[C@H](N)c1cccc(OCCCCCCOCCOCCOCCCCCC(=O)O)c1. The average Bonchev–Trinajstić information content (AvgIpc) is 2.82. The van der Waals surface area contributed by atoms with Crippen LogP contribution in [0.3, 0.4) is 0 Å². The number of hydrogen-bond donors (Lipinski definition) is 2. The first-order valence-electron chi connectivity index (χ1n) is 12.5. The normalized spacial score (nSPS) is 11.5. The average molecular weight is 470 g/mol. The first kappa shape index (κ1) is 31.3. The van der Waals surface area contributed by atoms with Gasteiger partial charge in [0, 0.05) is 25.7 Å². The largest absolute Gasteiger partial charge is 0.494 e. The Morgan fingerprint density at radius 3 is 1.88 bits per heavy atom. The van der Waals surface area contributed by atoms with Crippen molar-refractivity contribution in [3.05, 3.63) is 29.8 Å². The molecule has 0 aliphatic carbocycles. The third-order valence-corrected chi connectivity index (χ3v) is 4.76. The fraction of sp³-hybridized carbons (Fsp3) is 0.731. The van der Waals surface area contributed by atoms with Crippen molar-refractivity contribution in [1.29, 1.82) is 0 Å². The molecule has 0 saturated carbocycles. The number of carboxylic acids is 1. The number of unbranched alkanes of at least 4 members (excludes halogenated alkanes) is 5. The number of carboxylic acid groups (broad SMARTS) is 1. The minimum atomic E-state index is -0.735. The van der Waals surface area contributed by atoms with Gasteiger partial charge in [-0.05, 0) is 56.7 Å². The molecular weight excluding hydrogens is 422 g/mol. The van der Waals surface area contributed by atoms with Gasteiger partial charge < -0.3 is 29.8 Å². The van der Waals surface area contributed by atoms with Gasteiger partial charge in [-0.2, -0.15) is 0 Å². The van der Waals surface area contributed by atoms with E-state index in [1.165, 1.54) is 0 Å². The van der Waals surface area contributed by atoms with Gasteiger partial charge in [-0.3, -0.25) is 4.79 Å². The summed E-state index contributed by atoms with van der Waals surface area (Å²) >= 11 is 0. The van der Waals surface area contributed by atoms with Crippen LogP contribution in [0.2, 0.25) is 0 Å². The van der Waals surface area contributed by atoms with Gasteiger partial charge >= 0.3 is 5.97 Å². The number of nitrogens with two attached hydrogens (primary N) is 1. The van der Waals surface area contributed by atoms with Crippen molar-refractivity contribution in [2.45, 2.75) is 78.2 Å². The van der Waals surface area contributed by atoms with Crippen LogP contribution in [0.4, 0.5) is 0 Å². The topological polar surface area (TPSA) is 100 Å². The Labute approximate surface area is 200 Å². The Morgan fingerprint density at radius 2 is 1.33 bits per heavy atom. The minimum Gasteiger partial charge on any atom is -0.494 e. The summed E-state index contributed by atoms with van der Waals surface area (Å²) in [4.78, 5) is 10.4. The van der Waals surface area contributed by atoms with E-state index < -0.39 is 5.97 Å². The molecule has 1 aromatic rings. The first-order chi connectivity index (χ1) is 16.1. The number of benzene rings is 1. The maximum Gasteiger partial charge on any atom is 0.303 e. The van der Waals surface area contributed by atoms with Crippen LogP contribution in [0.25, 0.3) is 0 Å². The van der Waals surface area contributed by atoms with Gasteiger partial charge in [0.2, 0.25) is 0 Å². The fourth-order valence-electron chi connectivity index (χ4n) is 2.94. The summed E-state index contributed by atoms with van der Waals surface area (Å²) in [5, 5.41) is 8.54. The standard InChI is InChI=1S/C24H41NO6.C2H6/c1-21(25)22-10-9-11-23(20-22)31-15-8-3-2-6-13-28-16-18-30-19-17-29-14-7-4-5-12-24(26)27;1-2/h9-11,20-21H,2-8,12-19,25H2,1H3,(H,26,27);1-2H3/t21-;/m0./s1. The van der Waals surface area contributed by atoms with Gasteiger partial charge in [-0.15, -0.1) is 0 Å². The maximum atomic E-state index is 10.4. The molecule has 0 aliphatic rings. The molecule has 7 nitrogen and oxygen atoms in total. The van der Waals surface area contributed by atoms with Crippen LogP contribution in [0, 0.1) is 0 Å². The summed E-state index contributed by atoms with van der Waals surface area (Å²) in [6.45, 7) is 10.4. The van der Waals surface area contributed by atoms with Crippen molar-refractivity contribution < 1.29 is 28.8 Å². The molecule has 0 unspecified atom stereocenters. The highest BCUT2D eigenvalue weighted by Gasteiger charge is 2.01. The molecule has 0 fully saturated rings. The second-order valence-corrected chi connectivity index (χ2v) is 7.67. The second-order valence-electron chi connectivity index (χ2n) is 7.67. The summed E-state index contributed by atoms with van der Waals surface area (Å²) in [7, 11) is 0. The van der Waals surface area contributed by atoms with Crippen LogP contribution < -0.4 is 10.5 Å². The summed E-state index contributed by atoms with van der Waals surface area (Å²) in [6.07, 6.45) is 7.06. The minimum absolute atomic E-state index is 0.0235. The van der Waals surface area contributed by atoms with Crippen molar-refractivity contribution in [3.63, 3.8) is 0 Å². The van der Waals surface area contributed by atoms with E-state index in [2.05, 4.69) is 0 Å². The van der Waals surface area contributed by atoms with Crippen molar-refractivity contribution in [1.82, 2.24) is 0 Å². The second kappa shape index (κ2) is 23.5. The number of aliphatic carboxylic acids is 1. The zero-order chi connectivity index (χ0) is 24.6. The van der Waals surface area contributed by atoms with Gasteiger partial charge in [0.15, 0.2) is 0 Å². The Balaban J connectivity index is 0.00000497. The van der Waals surface area contributed by atoms with E-state index in [1.54, 1.807) is 0 Å². The molecule has 7 heteroatoms. The lowest BCUT2D eigenvalue weighted by molar-refractivity contribution is -0.137. The molecule has 0 aromatic heterocycles. The predicted molar refractivity (Wildman–Crippen MR) is 133 cm³/mol. The molecule has 192 valence electrons. The Hall–Kier alpha value is -1.67. The molecule has 0 bridgehead atoms. The molecule has 1 atom stereocenters. The highest BCUT2D eigenvalue weighted by Crippen LogP contribution is 2.18. The fourth-order valence-corrected chi connectivity index (χ4v) is 2.94. The van der Waals surface area contributed by atoms with Crippen LogP contribution >= 0.6 is 0 Å². The summed E-state index contributed by atoms with van der Waals surface area (Å²) in [5.74, 6) is 0.154. The highest BCUT2D eigenvalue weighted by molar-refractivity contribution is 5.66. The van der Waals surface area contributed by atoms with Crippen LogP contribution in [-0.2, 0) is 19.0 Å². The smallest absolute Gasteiger partial charge is 0.303 e. The van der Waals surface area contributed by atoms with E-state index in [0.29, 0.717) is 39.5 Å².